The van der Waals surface area contributed by atoms with Gasteiger partial charge in [0.25, 0.3) is 0 Å². The normalized spacial score (nSPS) is 11.1. The second kappa shape index (κ2) is 6.32. The van der Waals surface area contributed by atoms with Crippen LogP contribution in [0, 0.1) is 0 Å². The van der Waals surface area contributed by atoms with Gasteiger partial charge in [0.15, 0.2) is 10.4 Å². The van der Waals surface area contributed by atoms with Gasteiger partial charge in [0, 0.05) is 24.2 Å². The SMILES string of the molecule is CCOCCc1c(-c2ccccc2)nc(Br)n2ncnc12. The van der Waals surface area contributed by atoms with Crippen LogP contribution in [0.4, 0.5) is 0 Å². The molecule has 0 amide bonds. The molecule has 0 aliphatic carbocycles. The van der Waals surface area contributed by atoms with Crippen LogP contribution in [0.25, 0.3) is 16.9 Å². The van der Waals surface area contributed by atoms with Crippen LogP contribution in [0.2, 0.25) is 0 Å². The van der Waals surface area contributed by atoms with Gasteiger partial charge in [-0.05, 0) is 22.9 Å². The van der Waals surface area contributed by atoms with Crippen molar-refractivity contribution < 1.29 is 4.74 Å². The summed E-state index contributed by atoms with van der Waals surface area (Å²) in [5.41, 5.74) is 3.85. The molecule has 0 spiro atoms. The molecule has 0 N–H and O–H groups in total. The monoisotopic (exact) mass is 346 g/mol. The molecule has 1 aromatic carbocycles. The van der Waals surface area contributed by atoms with Gasteiger partial charge in [-0.2, -0.15) is 9.61 Å². The first-order valence-electron chi connectivity index (χ1n) is 6.82. The molecule has 0 atom stereocenters. The Labute approximate surface area is 131 Å². The van der Waals surface area contributed by atoms with Crippen molar-refractivity contribution >= 4 is 21.6 Å². The summed E-state index contributed by atoms with van der Waals surface area (Å²) in [6.07, 6.45) is 2.29. The fourth-order valence-corrected chi connectivity index (χ4v) is 2.72. The molecule has 21 heavy (non-hydrogen) atoms. The Kier molecular flexibility index (Phi) is 4.26. The zero-order chi connectivity index (χ0) is 14.7. The minimum atomic E-state index is 0.641. The Morgan fingerprint density at radius 2 is 2.05 bits per heavy atom. The highest BCUT2D eigenvalue weighted by molar-refractivity contribution is 9.10. The number of benzene rings is 1. The van der Waals surface area contributed by atoms with Crippen LogP contribution in [0.3, 0.4) is 0 Å². The third-order valence-electron chi connectivity index (χ3n) is 3.23. The van der Waals surface area contributed by atoms with Crippen molar-refractivity contribution in [1.29, 1.82) is 0 Å². The second-order valence-electron chi connectivity index (χ2n) is 4.52. The molecule has 0 fully saturated rings. The van der Waals surface area contributed by atoms with E-state index in [0.29, 0.717) is 17.9 Å². The van der Waals surface area contributed by atoms with Gasteiger partial charge in [-0.3, -0.25) is 0 Å². The highest BCUT2D eigenvalue weighted by Gasteiger charge is 2.16. The summed E-state index contributed by atoms with van der Waals surface area (Å²) >= 11 is 3.46. The molecule has 2 heterocycles. The van der Waals surface area contributed by atoms with E-state index in [0.717, 1.165) is 28.9 Å². The van der Waals surface area contributed by atoms with Crippen LogP contribution in [-0.4, -0.2) is 32.8 Å². The molecule has 0 unspecified atom stereocenters. The Morgan fingerprint density at radius 1 is 1.24 bits per heavy atom. The van der Waals surface area contributed by atoms with Crippen molar-refractivity contribution in [2.24, 2.45) is 0 Å². The first-order chi connectivity index (χ1) is 10.3. The molecule has 0 saturated heterocycles. The molecule has 0 radical (unpaired) electrons. The minimum Gasteiger partial charge on any atom is -0.381 e. The number of rotatable bonds is 5. The molecule has 6 heteroatoms. The maximum atomic E-state index is 5.49. The van der Waals surface area contributed by atoms with Gasteiger partial charge in [0.1, 0.15) is 6.33 Å². The predicted octanol–water partition coefficient (Wildman–Crippen LogP) is 3.13. The standard InChI is InChI=1S/C15H15BrN4O/c1-2-21-9-8-12-13(11-6-4-3-5-7-11)19-15(16)20-14(12)17-10-18-20/h3-7,10H,2,8-9H2,1H3. The van der Waals surface area contributed by atoms with E-state index in [2.05, 4.69) is 31.0 Å². The highest BCUT2D eigenvalue weighted by Crippen LogP contribution is 2.27. The van der Waals surface area contributed by atoms with E-state index in [1.807, 2.05) is 37.3 Å². The average molecular weight is 347 g/mol. The fourth-order valence-electron chi connectivity index (χ4n) is 2.28. The molecule has 2 aromatic heterocycles. The number of hydrogen-bond donors (Lipinski definition) is 0. The van der Waals surface area contributed by atoms with Crippen molar-refractivity contribution in [3.63, 3.8) is 0 Å². The number of halogens is 1. The summed E-state index contributed by atoms with van der Waals surface area (Å²) < 4.78 is 7.84. The Hall–Kier alpha value is -1.79. The van der Waals surface area contributed by atoms with Gasteiger partial charge in [0.2, 0.25) is 0 Å². The summed E-state index contributed by atoms with van der Waals surface area (Å²) in [7, 11) is 0. The first-order valence-corrected chi connectivity index (χ1v) is 7.62. The zero-order valence-corrected chi connectivity index (χ0v) is 13.2. The van der Waals surface area contributed by atoms with E-state index in [-0.39, 0.29) is 0 Å². The predicted molar refractivity (Wildman–Crippen MR) is 84.1 cm³/mol. The van der Waals surface area contributed by atoms with Crippen molar-refractivity contribution in [3.05, 3.63) is 47.0 Å². The van der Waals surface area contributed by atoms with Crippen LogP contribution in [0.1, 0.15) is 12.5 Å². The lowest BCUT2D eigenvalue weighted by molar-refractivity contribution is 0.151. The summed E-state index contributed by atoms with van der Waals surface area (Å²) in [5, 5.41) is 4.20. The van der Waals surface area contributed by atoms with E-state index in [1.165, 1.54) is 0 Å². The van der Waals surface area contributed by atoms with Crippen molar-refractivity contribution in [2.75, 3.05) is 13.2 Å². The van der Waals surface area contributed by atoms with Crippen LogP contribution in [0.15, 0.2) is 41.4 Å². The Morgan fingerprint density at radius 3 is 2.81 bits per heavy atom. The van der Waals surface area contributed by atoms with Gasteiger partial charge in [-0.15, -0.1) is 0 Å². The molecule has 3 rings (SSSR count). The van der Waals surface area contributed by atoms with Crippen molar-refractivity contribution in [2.45, 2.75) is 13.3 Å². The Bertz CT molecular complexity index is 742. The molecule has 108 valence electrons. The molecule has 5 nitrogen and oxygen atoms in total. The van der Waals surface area contributed by atoms with E-state index < -0.39 is 0 Å². The topological polar surface area (TPSA) is 52.3 Å². The molecule has 0 aliphatic rings. The smallest absolute Gasteiger partial charge is 0.200 e. The lowest BCUT2D eigenvalue weighted by atomic mass is 10.0. The van der Waals surface area contributed by atoms with E-state index >= 15 is 0 Å². The van der Waals surface area contributed by atoms with Gasteiger partial charge < -0.3 is 4.74 Å². The highest BCUT2D eigenvalue weighted by atomic mass is 79.9. The third kappa shape index (κ3) is 2.82. The number of ether oxygens (including phenoxy) is 1. The maximum Gasteiger partial charge on any atom is 0.200 e. The number of hydrogen-bond acceptors (Lipinski definition) is 4. The molecule has 0 aliphatic heterocycles. The molecule has 0 saturated carbocycles. The largest absolute Gasteiger partial charge is 0.381 e. The van der Waals surface area contributed by atoms with Gasteiger partial charge >= 0.3 is 0 Å². The lowest BCUT2D eigenvalue weighted by Crippen LogP contribution is -2.06. The quantitative estimate of drug-likeness (QED) is 0.526. The second-order valence-corrected chi connectivity index (χ2v) is 5.23. The van der Waals surface area contributed by atoms with E-state index in [4.69, 9.17) is 4.74 Å². The van der Waals surface area contributed by atoms with E-state index in [9.17, 15) is 0 Å². The molecule has 3 aromatic rings. The number of aromatic nitrogens is 4. The molecular formula is C15H15BrN4O. The van der Waals surface area contributed by atoms with Crippen molar-refractivity contribution in [3.8, 4) is 11.3 Å². The van der Waals surface area contributed by atoms with Crippen LogP contribution < -0.4 is 0 Å². The van der Waals surface area contributed by atoms with Gasteiger partial charge in [0.05, 0.1) is 12.3 Å². The number of fused-ring (bicyclic) bond motifs is 1. The van der Waals surface area contributed by atoms with Crippen LogP contribution in [-0.2, 0) is 11.2 Å². The van der Waals surface area contributed by atoms with Crippen LogP contribution >= 0.6 is 15.9 Å². The van der Waals surface area contributed by atoms with Crippen molar-refractivity contribution in [1.82, 2.24) is 19.6 Å². The number of nitrogens with zero attached hydrogens (tertiary/aromatic N) is 4. The zero-order valence-electron chi connectivity index (χ0n) is 11.7. The maximum absolute atomic E-state index is 5.49. The molecule has 0 bridgehead atoms. The summed E-state index contributed by atoms with van der Waals surface area (Å²) in [6.45, 7) is 3.33. The first kappa shape index (κ1) is 14.2. The summed E-state index contributed by atoms with van der Waals surface area (Å²) in [6, 6.07) is 10.1. The van der Waals surface area contributed by atoms with Gasteiger partial charge in [-0.1, -0.05) is 30.3 Å². The minimum absolute atomic E-state index is 0.641. The third-order valence-corrected chi connectivity index (χ3v) is 3.74. The molecular weight excluding hydrogens is 332 g/mol. The lowest BCUT2D eigenvalue weighted by Gasteiger charge is -2.11. The fraction of sp³-hybridized carbons (Fsp3) is 0.267. The average Bonchev–Trinajstić information content (AvgIpc) is 3.00. The summed E-state index contributed by atoms with van der Waals surface area (Å²) in [4.78, 5) is 9.01. The van der Waals surface area contributed by atoms with Crippen LogP contribution in [0.5, 0.6) is 0 Å². The van der Waals surface area contributed by atoms with Gasteiger partial charge in [-0.25, -0.2) is 9.97 Å². The summed E-state index contributed by atoms with van der Waals surface area (Å²) in [5.74, 6) is 0. The Balaban J connectivity index is 2.14. The van der Waals surface area contributed by atoms with E-state index in [1.54, 1.807) is 10.8 Å².